The highest BCUT2D eigenvalue weighted by molar-refractivity contribution is 7.89. The average molecular weight is 313 g/mol. The summed E-state index contributed by atoms with van der Waals surface area (Å²) in [4.78, 5) is 0.349. The minimum atomic E-state index is -3.51. The van der Waals surface area contributed by atoms with E-state index in [9.17, 15) is 8.42 Å². The van der Waals surface area contributed by atoms with Gasteiger partial charge in [-0.3, -0.25) is 4.31 Å². The van der Waals surface area contributed by atoms with Crippen LogP contribution in [-0.2, 0) is 10.0 Å². The molecular weight excluding hydrogens is 294 g/mol. The zero-order valence-corrected chi connectivity index (χ0v) is 13.4. The third-order valence-electron chi connectivity index (χ3n) is 3.85. The molecule has 0 aromatic heterocycles. The van der Waals surface area contributed by atoms with Crippen LogP contribution in [0.25, 0.3) is 5.70 Å². The molecule has 0 bridgehead atoms. The first kappa shape index (κ1) is 14.9. The molecule has 0 N–H and O–H groups in total. The zero-order valence-electron chi connectivity index (χ0n) is 12.6. The molecule has 3 nitrogen and oxygen atoms in total. The van der Waals surface area contributed by atoms with Gasteiger partial charge < -0.3 is 0 Å². The largest absolute Gasteiger partial charge is 0.266 e. The van der Waals surface area contributed by atoms with Crippen LogP contribution in [0.3, 0.4) is 0 Å². The molecule has 0 saturated heterocycles. The van der Waals surface area contributed by atoms with Crippen molar-refractivity contribution in [1.82, 2.24) is 4.31 Å². The van der Waals surface area contributed by atoms with Crippen molar-refractivity contribution >= 4 is 15.7 Å². The number of nitrogens with zero attached hydrogens (tertiary/aromatic N) is 1. The van der Waals surface area contributed by atoms with Gasteiger partial charge in [0.2, 0.25) is 0 Å². The van der Waals surface area contributed by atoms with Crippen molar-refractivity contribution in [2.24, 2.45) is 0 Å². The summed E-state index contributed by atoms with van der Waals surface area (Å²) in [6, 6.07) is 16.7. The fourth-order valence-electron chi connectivity index (χ4n) is 2.65. The summed E-state index contributed by atoms with van der Waals surface area (Å²) in [5, 5.41) is 0. The van der Waals surface area contributed by atoms with Gasteiger partial charge in [0.05, 0.1) is 10.6 Å². The molecule has 3 rings (SSSR count). The van der Waals surface area contributed by atoms with E-state index in [2.05, 4.69) is 0 Å². The molecule has 0 spiro atoms. The predicted octanol–water partition coefficient (Wildman–Crippen LogP) is 3.82. The maximum absolute atomic E-state index is 13.0. The molecule has 1 aliphatic rings. The van der Waals surface area contributed by atoms with Gasteiger partial charge in [-0.2, -0.15) is 0 Å². The highest BCUT2D eigenvalue weighted by Gasteiger charge is 2.28. The fourth-order valence-corrected chi connectivity index (χ4v) is 4.20. The molecule has 1 heterocycles. The van der Waals surface area contributed by atoms with Gasteiger partial charge >= 0.3 is 0 Å². The lowest BCUT2D eigenvalue weighted by Gasteiger charge is -2.30. The van der Waals surface area contributed by atoms with E-state index in [-0.39, 0.29) is 0 Å². The van der Waals surface area contributed by atoms with Crippen molar-refractivity contribution in [2.45, 2.75) is 24.7 Å². The second-order valence-electron chi connectivity index (χ2n) is 5.49. The molecular formula is C18H19NO2S. The summed E-state index contributed by atoms with van der Waals surface area (Å²) >= 11 is 0. The Morgan fingerprint density at radius 2 is 1.64 bits per heavy atom. The van der Waals surface area contributed by atoms with Gasteiger partial charge in [-0.15, -0.1) is 0 Å². The first-order chi connectivity index (χ1) is 10.6. The third-order valence-corrected chi connectivity index (χ3v) is 5.68. The van der Waals surface area contributed by atoms with Crippen LogP contribution in [0, 0.1) is 6.92 Å². The van der Waals surface area contributed by atoms with Crippen LogP contribution >= 0.6 is 0 Å². The maximum Gasteiger partial charge on any atom is 0.264 e. The van der Waals surface area contributed by atoms with Gasteiger partial charge in [-0.1, -0.05) is 54.1 Å². The number of benzene rings is 2. The summed E-state index contributed by atoms with van der Waals surface area (Å²) in [6.45, 7) is 2.48. The van der Waals surface area contributed by atoms with Crippen LogP contribution in [0.2, 0.25) is 0 Å². The molecule has 22 heavy (non-hydrogen) atoms. The maximum atomic E-state index is 13.0. The first-order valence-corrected chi connectivity index (χ1v) is 8.88. The summed E-state index contributed by atoms with van der Waals surface area (Å²) in [7, 11) is -3.51. The standard InChI is InChI=1S/C18H19NO2S/c1-15-10-12-17(13-11-15)22(20,21)19-14-6-5-9-18(19)16-7-3-2-4-8-16/h2-4,7-13H,5-6,14H2,1H3. The van der Waals surface area contributed by atoms with Crippen molar-refractivity contribution in [1.29, 1.82) is 0 Å². The highest BCUT2D eigenvalue weighted by atomic mass is 32.2. The summed E-state index contributed by atoms with van der Waals surface area (Å²) in [5.74, 6) is 0. The second kappa shape index (κ2) is 5.97. The Bertz CT molecular complexity index is 778. The summed E-state index contributed by atoms with van der Waals surface area (Å²) in [5.41, 5.74) is 2.78. The summed E-state index contributed by atoms with van der Waals surface area (Å²) in [6.07, 6.45) is 3.77. The smallest absolute Gasteiger partial charge is 0.264 e. The van der Waals surface area contributed by atoms with Crippen LogP contribution in [-0.4, -0.2) is 19.3 Å². The average Bonchev–Trinajstić information content (AvgIpc) is 2.56. The Balaban J connectivity index is 2.03. The van der Waals surface area contributed by atoms with Gasteiger partial charge in [-0.25, -0.2) is 8.42 Å². The number of allylic oxidation sites excluding steroid dienone is 1. The monoisotopic (exact) mass is 313 g/mol. The first-order valence-electron chi connectivity index (χ1n) is 7.44. The normalized spacial score (nSPS) is 15.5. The van der Waals surface area contributed by atoms with Crippen LogP contribution in [0.5, 0.6) is 0 Å². The topological polar surface area (TPSA) is 37.4 Å². The van der Waals surface area contributed by atoms with Crippen molar-refractivity contribution < 1.29 is 8.42 Å². The molecule has 0 fully saturated rings. The molecule has 0 unspecified atom stereocenters. The van der Waals surface area contributed by atoms with E-state index in [0.29, 0.717) is 11.4 Å². The van der Waals surface area contributed by atoms with E-state index >= 15 is 0 Å². The van der Waals surface area contributed by atoms with Gasteiger partial charge in [-0.05, 0) is 37.5 Å². The summed E-state index contributed by atoms with van der Waals surface area (Å²) < 4.78 is 27.5. The Hall–Kier alpha value is -2.07. The van der Waals surface area contributed by atoms with E-state index in [1.807, 2.05) is 55.5 Å². The van der Waals surface area contributed by atoms with Crippen LogP contribution < -0.4 is 0 Å². The molecule has 0 amide bonds. The quantitative estimate of drug-likeness (QED) is 0.864. The minimum Gasteiger partial charge on any atom is -0.266 e. The molecule has 4 heteroatoms. The fraction of sp³-hybridized carbons (Fsp3) is 0.222. The molecule has 2 aromatic rings. The molecule has 0 aliphatic carbocycles. The zero-order chi connectivity index (χ0) is 15.6. The number of hydrogen-bond donors (Lipinski definition) is 0. The molecule has 0 radical (unpaired) electrons. The Morgan fingerprint density at radius 3 is 2.32 bits per heavy atom. The second-order valence-corrected chi connectivity index (χ2v) is 7.35. The van der Waals surface area contributed by atoms with E-state index in [1.165, 1.54) is 4.31 Å². The lowest BCUT2D eigenvalue weighted by molar-refractivity contribution is 0.490. The molecule has 0 saturated carbocycles. The van der Waals surface area contributed by atoms with Gasteiger partial charge in [0.15, 0.2) is 0 Å². The SMILES string of the molecule is Cc1ccc(S(=O)(=O)N2CCCC=C2c2ccccc2)cc1. The Kier molecular flexibility index (Phi) is 4.03. The van der Waals surface area contributed by atoms with E-state index in [0.717, 1.165) is 29.7 Å². The molecule has 0 atom stereocenters. The molecule has 2 aromatic carbocycles. The van der Waals surface area contributed by atoms with E-state index in [4.69, 9.17) is 0 Å². The van der Waals surface area contributed by atoms with E-state index in [1.54, 1.807) is 12.1 Å². The number of rotatable bonds is 3. The van der Waals surface area contributed by atoms with Crippen molar-refractivity contribution in [2.75, 3.05) is 6.54 Å². The predicted molar refractivity (Wildman–Crippen MR) is 88.7 cm³/mol. The molecule has 114 valence electrons. The third kappa shape index (κ3) is 2.79. The Morgan fingerprint density at radius 1 is 0.955 bits per heavy atom. The Labute approximate surface area is 132 Å². The van der Waals surface area contributed by atoms with E-state index < -0.39 is 10.0 Å². The highest BCUT2D eigenvalue weighted by Crippen LogP contribution is 2.30. The lowest BCUT2D eigenvalue weighted by atomic mass is 10.1. The van der Waals surface area contributed by atoms with Crippen LogP contribution in [0.4, 0.5) is 0 Å². The minimum absolute atomic E-state index is 0.349. The van der Waals surface area contributed by atoms with Gasteiger partial charge in [0, 0.05) is 6.54 Å². The van der Waals surface area contributed by atoms with Crippen molar-refractivity contribution in [3.8, 4) is 0 Å². The van der Waals surface area contributed by atoms with Gasteiger partial charge in [0.25, 0.3) is 10.0 Å². The number of hydrogen-bond acceptors (Lipinski definition) is 2. The van der Waals surface area contributed by atoms with Crippen molar-refractivity contribution in [3.05, 3.63) is 71.8 Å². The van der Waals surface area contributed by atoms with Crippen LogP contribution in [0.1, 0.15) is 24.0 Å². The van der Waals surface area contributed by atoms with Gasteiger partial charge in [0.1, 0.15) is 0 Å². The molecule has 1 aliphatic heterocycles. The van der Waals surface area contributed by atoms with Crippen LogP contribution in [0.15, 0.2) is 65.6 Å². The van der Waals surface area contributed by atoms with Crippen molar-refractivity contribution in [3.63, 3.8) is 0 Å². The number of sulfonamides is 1. The number of aryl methyl sites for hydroxylation is 1. The lowest BCUT2D eigenvalue weighted by Crippen LogP contribution is -2.32.